The highest BCUT2D eigenvalue weighted by molar-refractivity contribution is 5.67. The summed E-state index contributed by atoms with van der Waals surface area (Å²) in [6.45, 7) is 3.35. The molecule has 0 saturated carbocycles. The van der Waals surface area contributed by atoms with Gasteiger partial charge in [-0.25, -0.2) is 9.78 Å². The van der Waals surface area contributed by atoms with Crippen LogP contribution >= 0.6 is 0 Å². The Morgan fingerprint density at radius 1 is 1.29 bits per heavy atom. The summed E-state index contributed by atoms with van der Waals surface area (Å²) in [4.78, 5) is 20.4. The molecule has 3 aromatic rings. The van der Waals surface area contributed by atoms with E-state index < -0.39 is 5.76 Å². The lowest BCUT2D eigenvalue weighted by molar-refractivity contribution is 0.516. The third-order valence-corrected chi connectivity index (χ3v) is 3.14. The van der Waals surface area contributed by atoms with Gasteiger partial charge in [-0.15, -0.1) is 0 Å². The van der Waals surface area contributed by atoms with Crippen LogP contribution in [-0.2, 0) is 6.54 Å². The number of fused-ring (bicyclic) bond motifs is 1. The van der Waals surface area contributed by atoms with Gasteiger partial charge in [0, 0.05) is 24.6 Å². The molecule has 0 bridgehead atoms. The minimum Gasteiger partial charge on any atom is -0.406 e. The van der Waals surface area contributed by atoms with Crippen LogP contribution in [0.15, 0.2) is 45.9 Å². The van der Waals surface area contributed by atoms with Crippen LogP contribution in [-0.4, -0.2) is 21.1 Å². The van der Waals surface area contributed by atoms with E-state index in [2.05, 4.69) is 22.2 Å². The molecule has 0 aliphatic rings. The fraction of sp³-hybridized carbons (Fsp3) is 0.267. The zero-order chi connectivity index (χ0) is 14.7. The minimum absolute atomic E-state index is 0.338. The molecule has 0 atom stereocenters. The van der Waals surface area contributed by atoms with E-state index >= 15 is 0 Å². The molecule has 6 heteroatoms. The number of pyridine rings is 2. The van der Waals surface area contributed by atoms with Gasteiger partial charge in [-0.2, -0.15) is 0 Å². The van der Waals surface area contributed by atoms with Gasteiger partial charge in [0.15, 0.2) is 11.2 Å². The van der Waals surface area contributed by atoms with Gasteiger partial charge in [0.2, 0.25) is 0 Å². The largest absolute Gasteiger partial charge is 0.421 e. The van der Waals surface area contributed by atoms with Crippen molar-refractivity contribution in [3.05, 3.63) is 52.9 Å². The first-order valence-corrected chi connectivity index (χ1v) is 6.91. The van der Waals surface area contributed by atoms with E-state index in [1.165, 1.54) is 4.57 Å². The van der Waals surface area contributed by atoms with Crippen LogP contribution in [0, 0.1) is 0 Å². The van der Waals surface area contributed by atoms with Crippen LogP contribution in [0.3, 0.4) is 0 Å². The summed E-state index contributed by atoms with van der Waals surface area (Å²) < 4.78 is 6.66. The number of oxazole rings is 1. The number of anilines is 1. The summed E-state index contributed by atoms with van der Waals surface area (Å²) in [5.41, 5.74) is 2.81. The number of nitrogens with one attached hydrogen (secondary N) is 1. The molecule has 0 saturated heterocycles. The highest BCUT2D eigenvalue weighted by Gasteiger charge is 2.10. The number of aromatic nitrogens is 3. The Hall–Kier alpha value is -2.63. The average molecular weight is 284 g/mol. The quantitative estimate of drug-likeness (QED) is 0.778. The predicted molar refractivity (Wildman–Crippen MR) is 80.4 cm³/mol. The van der Waals surface area contributed by atoms with Crippen molar-refractivity contribution < 1.29 is 4.42 Å². The minimum atomic E-state index is -0.419. The Bertz CT molecular complexity index is 807. The number of rotatable bonds is 5. The molecule has 3 rings (SSSR count). The summed E-state index contributed by atoms with van der Waals surface area (Å²) in [7, 11) is 0. The number of hydrogen-bond acceptors (Lipinski definition) is 5. The molecule has 0 amide bonds. The van der Waals surface area contributed by atoms with E-state index in [1.807, 2.05) is 12.1 Å². The van der Waals surface area contributed by atoms with E-state index in [0.29, 0.717) is 17.8 Å². The Morgan fingerprint density at radius 3 is 3.05 bits per heavy atom. The molecule has 1 N–H and O–H groups in total. The molecule has 0 unspecified atom stereocenters. The van der Waals surface area contributed by atoms with Crippen LogP contribution in [0.25, 0.3) is 11.2 Å². The molecule has 0 fully saturated rings. The highest BCUT2D eigenvalue weighted by Crippen LogP contribution is 2.12. The maximum absolute atomic E-state index is 11.9. The lowest BCUT2D eigenvalue weighted by Gasteiger charge is -2.06. The van der Waals surface area contributed by atoms with E-state index in [-0.39, 0.29) is 0 Å². The van der Waals surface area contributed by atoms with Gasteiger partial charge < -0.3 is 9.73 Å². The third-order valence-electron chi connectivity index (χ3n) is 3.14. The second-order valence-corrected chi connectivity index (χ2v) is 4.74. The van der Waals surface area contributed by atoms with Gasteiger partial charge in [0.05, 0.1) is 12.2 Å². The van der Waals surface area contributed by atoms with Crippen LogP contribution < -0.4 is 11.1 Å². The number of hydrogen-bond donors (Lipinski definition) is 1. The molecule has 108 valence electrons. The van der Waals surface area contributed by atoms with Crippen molar-refractivity contribution in [2.75, 3.05) is 11.9 Å². The Labute approximate surface area is 121 Å². The predicted octanol–water partition coefficient (Wildman–Crippen LogP) is 2.25. The van der Waals surface area contributed by atoms with Crippen molar-refractivity contribution in [2.45, 2.75) is 19.9 Å². The Kier molecular flexibility index (Phi) is 3.68. The maximum atomic E-state index is 11.9. The summed E-state index contributed by atoms with van der Waals surface area (Å²) in [5.74, 6) is -0.419. The normalized spacial score (nSPS) is 10.9. The van der Waals surface area contributed by atoms with Gasteiger partial charge in [-0.3, -0.25) is 9.55 Å². The Morgan fingerprint density at radius 2 is 2.19 bits per heavy atom. The smallest absolute Gasteiger partial charge is 0.406 e. The molecular weight excluding hydrogens is 268 g/mol. The van der Waals surface area contributed by atoms with Crippen molar-refractivity contribution in [1.29, 1.82) is 0 Å². The zero-order valence-electron chi connectivity index (χ0n) is 11.7. The van der Waals surface area contributed by atoms with E-state index in [0.717, 1.165) is 24.3 Å². The van der Waals surface area contributed by atoms with E-state index in [4.69, 9.17) is 4.42 Å². The van der Waals surface area contributed by atoms with Crippen molar-refractivity contribution in [1.82, 2.24) is 14.5 Å². The molecule has 6 nitrogen and oxygen atoms in total. The molecule has 0 radical (unpaired) electrons. The lowest BCUT2D eigenvalue weighted by Crippen LogP contribution is -2.16. The van der Waals surface area contributed by atoms with Gasteiger partial charge in [0.1, 0.15) is 0 Å². The molecule has 21 heavy (non-hydrogen) atoms. The van der Waals surface area contributed by atoms with Crippen molar-refractivity contribution in [3.8, 4) is 0 Å². The molecule has 3 aromatic heterocycles. The zero-order valence-corrected chi connectivity index (χ0v) is 11.7. The van der Waals surface area contributed by atoms with Gasteiger partial charge in [-0.05, 0) is 30.7 Å². The molecular formula is C15H16N4O2. The van der Waals surface area contributed by atoms with Gasteiger partial charge >= 0.3 is 5.76 Å². The highest BCUT2D eigenvalue weighted by atomic mass is 16.4. The van der Waals surface area contributed by atoms with Crippen molar-refractivity contribution in [3.63, 3.8) is 0 Å². The summed E-state index contributed by atoms with van der Waals surface area (Å²) >= 11 is 0. The van der Waals surface area contributed by atoms with E-state index in [1.54, 1.807) is 24.5 Å². The first-order valence-electron chi connectivity index (χ1n) is 6.91. The summed E-state index contributed by atoms with van der Waals surface area (Å²) in [6, 6.07) is 7.31. The van der Waals surface area contributed by atoms with Crippen LogP contribution in [0.1, 0.15) is 19.0 Å². The van der Waals surface area contributed by atoms with Gasteiger partial charge in [-0.1, -0.05) is 6.92 Å². The van der Waals surface area contributed by atoms with Crippen LogP contribution in [0.5, 0.6) is 0 Å². The topological polar surface area (TPSA) is 73.0 Å². The van der Waals surface area contributed by atoms with Crippen LogP contribution in [0.4, 0.5) is 5.69 Å². The van der Waals surface area contributed by atoms with Crippen molar-refractivity contribution >= 4 is 16.9 Å². The second kappa shape index (κ2) is 5.78. The molecule has 0 aliphatic heterocycles. The fourth-order valence-electron chi connectivity index (χ4n) is 2.15. The average Bonchev–Trinajstić information content (AvgIpc) is 2.82. The third kappa shape index (κ3) is 2.79. The van der Waals surface area contributed by atoms with Crippen LogP contribution in [0.2, 0.25) is 0 Å². The number of nitrogens with zero attached hydrogens (tertiary/aromatic N) is 3. The van der Waals surface area contributed by atoms with E-state index in [9.17, 15) is 4.79 Å². The van der Waals surface area contributed by atoms with Gasteiger partial charge in [0.25, 0.3) is 0 Å². The second-order valence-electron chi connectivity index (χ2n) is 4.74. The Balaban J connectivity index is 1.92. The molecule has 3 heterocycles. The summed E-state index contributed by atoms with van der Waals surface area (Å²) in [6.07, 6.45) is 4.42. The molecule has 0 spiro atoms. The van der Waals surface area contributed by atoms with Crippen molar-refractivity contribution in [2.24, 2.45) is 0 Å². The monoisotopic (exact) mass is 284 g/mol. The first kappa shape index (κ1) is 13.4. The standard InChI is InChI=1S/C15H16N4O2/c1-2-6-16-11-5-8-17-12(9-11)10-19-14-13(21-15(19)20)4-3-7-18-14/h3-5,7-9H,2,6,10H2,1H3,(H,16,17). The summed E-state index contributed by atoms with van der Waals surface area (Å²) in [5, 5.41) is 3.30. The lowest BCUT2D eigenvalue weighted by atomic mass is 10.3. The SMILES string of the molecule is CCCNc1ccnc(Cn2c(=O)oc3cccnc32)c1. The molecule has 0 aromatic carbocycles. The molecule has 0 aliphatic carbocycles. The first-order chi connectivity index (χ1) is 10.3. The fourth-order valence-corrected chi connectivity index (χ4v) is 2.15. The maximum Gasteiger partial charge on any atom is 0.421 e.